The fourth-order valence-electron chi connectivity index (χ4n) is 1.17. The highest BCUT2D eigenvalue weighted by molar-refractivity contribution is 5.88. The van der Waals surface area contributed by atoms with Gasteiger partial charge >= 0.3 is 0 Å². The van der Waals surface area contributed by atoms with Crippen molar-refractivity contribution in [1.82, 2.24) is 10.6 Å². The van der Waals surface area contributed by atoms with Gasteiger partial charge in [-0.25, -0.2) is 0 Å². The van der Waals surface area contributed by atoms with Crippen molar-refractivity contribution < 1.29 is 4.79 Å². The summed E-state index contributed by atoms with van der Waals surface area (Å²) in [5.74, 6) is 0.799. The summed E-state index contributed by atoms with van der Waals surface area (Å²) in [4.78, 5) is 15.7. The Kier molecular flexibility index (Phi) is 4.58. The van der Waals surface area contributed by atoms with Gasteiger partial charge in [-0.2, -0.15) is 0 Å². The lowest BCUT2D eigenvalue weighted by Gasteiger charge is -2.14. The van der Waals surface area contributed by atoms with Crippen LogP contribution in [0.3, 0.4) is 0 Å². The van der Waals surface area contributed by atoms with Crippen molar-refractivity contribution in [2.24, 2.45) is 16.6 Å². The molecule has 1 aliphatic rings. The van der Waals surface area contributed by atoms with Gasteiger partial charge in [-0.3, -0.25) is 9.79 Å². The normalized spacial score (nSPS) is 18.4. The summed E-state index contributed by atoms with van der Waals surface area (Å²) in [6, 6.07) is 0.0575. The highest BCUT2D eigenvalue weighted by atomic mass is 16.2. The van der Waals surface area contributed by atoms with Gasteiger partial charge in [-0.1, -0.05) is 13.8 Å². The van der Waals surface area contributed by atoms with Crippen LogP contribution in [0.2, 0.25) is 0 Å². The minimum Gasteiger partial charge on any atom is -0.370 e. The van der Waals surface area contributed by atoms with E-state index in [-0.39, 0.29) is 11.9 Å². The maximum atomic E-state index is 11.6. The number of amides is 1. The average Bonchev–Trinajstić information content (AvgIpc) is 2.98. The number of rotatable bonds is 5. The first-order valence-corrected chi connectivity index (χ1v) is 5.86. The predicted octanol–water partition coefficient (Wildman–Crippen LogP) is 0.214. The highest BCUT2D eigenvalue weighted by Gasteiger charge is 2.25. The molecular formula is C11H22N4O. The molecule has 0 heterocycles. The molecule has 1 saturated carbocycles. The van der Waals surface area contributed by atoms with E-state index in [2.05, 4.69) is 29.5 Å². The monoisotopic (exact) mass is 226 g/mol. The van der Waals surface area contributed by atoms with Gasteiger partial charge in [0.15, 0.2) is 5.96 Å². The van der Waals surface area contributed by atoms with E-state index in [4.69, 9.17) is 5.73 Å². The molecule has 1 unspecified atom stereocenters. The van der Waals surface area contributed by atoms with Gasteiger partial charge in [-0.15, -0.1) is 0 Å². The van der Waals surface area contributed by atoms with Gasteiger partial charge in [-0.05, 0) is 25.7 Å². The number of hydrogen-bond donors (Lipinski definition) is 3. The minimum atomic E-state index is -0.323. The van der Waals surface area contributed by atoms with Gasteiger partial charge in [0.1, 0.15) is 6.04 Å². The van der Waals surface area contributed by atoms with E-state index in [1.165, 1.54) is 0 Å². The summed E-state index contributed by atoms with van der Waals surface area (Å²) in [5.41, 5.74) is 5.67. The lowest BCUT2D eigenvalue weighted by molar-refractivity contribution is -0.122. The zero-order valence-corrected chi connectivity index (χ0v) is 10.3. The first-order chi connectivity index (χ1) is 7.49. The van der Waals surface area contributed by atoms with Crippen LogP contribution in [-0.2, 0) is 4.79 Å². The molecule has 0 aromatic rings. The highest BCUT2D eigenvalue weighted by Crippen LogP contribution is 2.18. The van der Waals surface area contributed by atoms with Crippen LogP contribution >= 0.6 is 0 Å². The number of aliphatic imine (C=N–C) groups is 1. The van der Waals surface area contributed by atoms with Gasteiger partial charge < -0.3 is 16.4 Å². The molecule has 5 nitrogen and oxygen atoms in total. The number of carbonyl (C=O) groups excluding carboxylic acids is 1. The maximum Gasteiger partial charge on any atom is 0.242 e. The van der Waals surface area contributed by atoms with Crippen LogP contribution in [0.5, 0.6) is 0 Å². The Morgan fingerprint density at radius 3 is 2.56 bits per heavy atom. The van der Waals surface area contributed by atoms with Crippen LogP contribution in [0.1, 0.15) is 33.6 Å². The molecule has 0 aromatic heterocycles. The lowest BCUT2D eigenvalue weighted by Crippen LogP contribution is -2.48. The molecule has 92 valence electrons. The summed E-state index contributed by atoms with van der Waals surface area (Å²) in [5, 5.41) is 5.80. The Labute approximate surface area is 96.9 Å². The van der Waals surface area contributed by atoms with Gasteiger partial charge in [0.2, 0.25) is 5.91 Å². The molecule has 4 N–H and O–H groups in total. The molecule has 1 atom stereocenters. The Bertz CT molecular complexity index is 271. The molecular weight excluding hydrogens is 204 g/mol. The van der Waals surface area contributed by atoms with Crippen LogP contribution in [0.4, 0.5) is 0 Å². The van der Waals surface area contributed by atoms with Crippen molar-refractivity contribution in [2.45, 2.75) is 45.7 Å². The van der Waals surface area contributed by atoms with Crippen molar-refractivity contribution in [3.05, 3.63) is 0 Å². The zero-order valence-electron chi connectivity index (χ0n) is 10.3. The van der Waals surface area contributed by atoms with Crippen molar-refractivity contribution in [1.29, 1.82) is 0 Å². The van der Waals surface area contributed by atoms with E-state index in [9.17, 15) is 4.79 Å². The van der Waals surface area contributed by atoms with Crippen LogP contribution in [0.25, 0.3) is 0 Å². The topological polar surface area (TPSA) is 79.5 Å². The van der Waals surface area contributed by atoms with E-state index >= 15 is 0 Å². The molecule has 0 spiro atoms. The number of carbonyl (C=O) groups is 1. The average molecular weight is 226 g/mol. The molecule has 0 aliphatic heterocycles. The third kappa shape index (κ3) is 5.00. The molecule has 1 rings (SSSR count). The summed E-state index contributed by atoms with van der Waals surface area (Å²) >= 11 is 0. The number of hydrogen-bond acceptors (Lipinski definition) is 2. The molecule has 1 amide bonds. The fraction of sp³-hybridized carbons (Fsp3) is 0.818. The van der Waals surface area contributed by atoms with Gasteiger partial charge in [0, 0.05) is 12.6 Å². The predicted molar refractivity (Wildman–Crippen MR) is 65.1 cm³/mol. The third-order valence-corrected chi connectivity index (χ3v) is 2.31. The molecule has 5 heteroatoms. The van der Waals surface area contributed by atoms with E-state index in [1.807, 2.05) is 0 Å². The molecule has 0 aromatic carbocycles. The molecule has 1 fully saturated rings. The van der Waals surface area contributed by atoms with Crippen molar-refractivity contribution in [3.8, 4) is 0 Å². The Morgan fingerprint density at radius 2 is 2.06 bits per heavy atom. The largest absolute Gasteiger partial charge is 0.370 e. The SMILES string of the molecule is CC(C)CN=C(N)NC(C)C(=O)NC1CC1. The zero-order chi connectivity index (χ0) is 12.1. The Balaban J connectivity index is 2.28. The number of nitrogens with zero attached hydrogens (tertiary/aromatic N) is 1. The van der Waals surface area contributed by atoms with Gasteiger partial charge in [0.05, 0.1) is 0 Å². The summed E-state index contributed by atoms with van der Waals surface area (Å²) in [7, 11) is 0. The third-order valence-electron chi connectivity index (χ3n) is 2.31. The second-order valence-electron chi connectivity index (χ2n) is 4.77. The van der Waals surface area contributed by atoms with Crippen molar-refractivity contribution in [3.63, 3.8) is 0 Å². The van der Waals surface area contributed by atoms with E-state index in [0.29, 0.717) is 24.5 Å². The number of nitrogens with one attached hydrogen (secondary N) is 2. The van der Waals surface area contributed by atoms with Crippen LogP contribution in [-0.4, -0.2) is 30.5 Å². The molecule has 0 saturated heterocycles. The second-order valence-corrected chi connectivity index (χ2v) is 4.77. The van der Waals surface area contributed by atoms with Crippen molar-refractivity contribution in [2.75, 3.05) is 6.54 Å². The Hall–Kier alpha value is -1.26. The molecule has 16 heavy (non-hydrogen) atoms. The molecule has 0 bridgehead atoms. The van der Waals surface area contributed by atoms with Crippen molar-refractivity contribution >= 4 is 11.9 Å². The summed E-state index contributed by atoms with van der Waals surface area (Å²) in [6.45, 7) is 6.60. The smallest absolute Gasteiger partial charge is 0.242 e. The van der Waals surface area contributed by atoms with E-state index in [1.54, 1.807) is 6.92 Å². The summed E-state index contributed by atoms with van der Waals surface area (Å²) in [6.07, 6.45) is 2.19. The fourth-order valence-corrected chi connectivity index (χ4v) is 1.17. The maximum absolute atomic E-state index is 11.6. The molecule has 0 radical (unpaired) electrons. The Morgan fingerprint density at radius 1 is 1.44 bits per heavy atom. The first-order valence-electron chi connectivity index (χ1n) is 5.86. The number of guanidine groups is 1. The molecule has 1 aliphatic carbocycles. The number of nitrogens with two attached hydrogens (primary N) is 1. The first kappa shape index (κ1) is 12.8. The van der Waals surface area contributed by atoms with E-state index < -0.39 is 0 Å². The van der Waals surface area contributed by atoms with E-state index in [0.717, 1.165) is 12.8 Å². The standard InChI is InChI=1S/C11H22N4O/c1-7(2)6-13-11(12)14-8(3)10(16)15-9-4-5-9/h7-9H,4-6H2,1-3H3,(H,15,16)(H3,12,13,14). The van der Waals surface area contributed by atoms with Crippen LogP contribution in [0, 0.1) is 5.92 Å². The summed E-state index contributed by atoms with van der Waals surface area (Å²) < 4.78 is 0. The lowest BCUT2D eigenvalue weighted by atomic mass is 10.2. The van der Waals surface area contributed by atoms with Crippen LogP contribution < -0.4 is 16.4 Å². The van der Waals surface area contributed by atoms with Crippen LogP contribution in [0.15, 0.2) is 4.99 Å². The quantitative estimate of drug-likeness (QED) is 0.463. The minimum absolute atomic E-state index is 0.00908. The second kappa shape index (κ2) is 5.72. The van der Waals surface area contributed by atoms with Gasteiger partial charge in [0.25, 0.3) is 0 Å².